The Morgan fingerprint density at radius 3 is 2.80 bits per heavy atom. The van der Waals surface area contributed by atoms with E-state index in [1.807, 2.05) is 30.3 Å². The lowest BCUT2D eigenvalue weighted by Gasteiger charge is -2.23. The Bertz CT molecular complexity index is 401. The second-order valence-corrected chi connectivity index (χ2v) is 5.33. The number of aliphatic hydroxyl groups is 1. The summed E-state index contributed by atoms with van der Waals surface area (Å²) >= 11 is 0. The summed E-state index contributed by atoms with van der Waals surface area (Å²) < 4.78 is 5.56. The van der Waals surface area contributed by atoms with Crippen LogP contribution in [0.5, 0.6) is 0 Å². The van der Waals surface area contributed by atoms with Crippen molar-refractivity contribution in [3.05, 3.63) is 35.9 Å². The molecule has 2 rings (SSSR count). The monoisotopic (exact) mass is 277 g/mol. The highest BCUT2D eigenvalue weighted by Crippen LogP contribution is 2.15. The molecular weight excluding hydrogens is 254 g/mol. The molecule has 1 amide bonds. The zero-order valence-corrected chi connectivity index (χ0v) is 11.8. The van der Waals surface area contributed by atoms with E-state index < -0.39 is 0 Å². The normalized spacial score (nSPS) is 20.4. The number of ether oxygens (including phenoxy) is 1. The second-order valence-electron chi connectivity index (χ2n) is 5.33. The standard InChI is InChI=1S/C16H23NO3/c18-12-14(10-13-6-2-1-3-7-13)17-16(19)11-15-8-4-5-9-20-15/h1-3,6-7,14-15,18H,4-5,8-12H2,(H,17,19)/t14-,15?/m1/s1. The predicted molar refractivity (Wildman–Crippen MR) is 77.4 cm³/mol. The molecular formula is C16H23NO3. The molecule has 1 saturated heterocycles. The first-order valence-corrected chi connectivity index (χ1v) is 7.33. The van der Waals surface area contributed by atoms with Gasteiger partial charge >= 0.3 is 0 Å². The topological polar surface area (TPSA) is 58.6 Å². The van der Waals surface area contributed by atoms with E-state index in [9.17, 15) is 9.90 Å². The highest BCUT2D eigenvalue weighted by atomic mass is 16.5. The van der Waals surface area contributed by atoms with Gasteiger partial charge in [-0.3, -0.25) is 4.79 Å². The number of carbonyl (C=O) groups is 1. The van der Waals surface area contributed by atoms with Crippen molar-refractivity contribution < 1.29 is 14.6 Å². The Labute approximate surface area is 120 Å². The van der Waals surface area contributed by atoms with Crippen LogP contribution in [-0.2, 0) is 16.0 Å². The molecule has 1 fully saturated rings. The van der Waals surface area contributed by atoms with Crippen molar-refractivity contribution in [3.8, 4) is 0 Å². The van der Waals surface area contributed by atoms with Crippen LogP contribution in [0.4, 0.5) is 0 Å². The van der Waals surface area contributed by atoms with E-state index in [-0.39, 0.29) is 24.7 Å². The summed E-state index contributed by atoms with van der Waals surface area (Å²) in [5, 5.41) is 12.3. The minimum atomic E-state index is -0.228. The molecule has 2 atom stereocenters. The second kappa shape index (κ2) is 8.02. The first-order valence-electron chi connectivity index (χ1n) is 7.33. The Kier molecular flexibility index (Phi) is 6.02. The van der Waals surface area contributed by atoms with Gasteiger partial charge in [0.25, 0.3) is 0 Å². The third kappa shape index (κ3) is 4.94. The Balaban J connectivity index is 1.78. The summed E-state index contributed by atoms with van der Waals surface area (Å²) in [5.41, 5.74) is 1.11. The number of benzene rings is 1. The third-order valence-electron chi connectivity index (χ3n) is 3.60. The smallest absolute Gasteiger partial charge is 0.222 e. The van der Waals surface area contributed by atoms with Crippen molar-refractivity contribution in [2.24, 2.45) is 0 Å². The summed E-state index contributed by atoms with van der Waals surface area (Å²) in [5.74, 6) is -0.0353. The van der Waals surface area contributed by atoms with Crippen molar-refractivity contribution in [1.82, 2.24) is 5.32 Å². The van der Waals surface area contributed by atoms with E-state index in [0.717, 1.165) is 31.4 Å². The van der Waals surface area contributed by atoms with Gasteiger partial charge in [-0.25, -0.2) is 0 Å². The average Bonchev–Trinajstić information content (AvgIpc) is 2.48. The van der Waals surface area contributed by atoms with Crippen LogP contribution in [0.2, 0.25) is 0 Å². The molecule has 1 aromatic rings. The molecule has 110 valence electrons. The number of amides is 1. The number of hydrogen-bond acceptors (Lipinski definition) is 3. The van der Waals surface area contributed by atoms with E-state index in [0.29, 0.717) is 12.8 Å². The van der Waals surface area contributed by atoms with Gasteiger partial charge in [0.1, 0.15) is 0 Å². The molecule has 1 unspecified atom stereocenters. The zero-order chi connectivity index (χ0) is 14.2. The van der Waals surface area contributed by atoms with Crippen LogP contribution in [0.3, 0.4) is 0 Å². The van der Waals surface area contributed by atoms with E-state index >= 15 is 0 Å². The maximum atomic E-state index is 12.0. The Morgan fingerprint density at radius 1 is 1.35 bits per heavy atom. The summed E-state index contributed by atoms with van der Waals surface area (Å²) in [6.45, 7) is 0.706. The number of aliphatic hydroxyl groups excluding tert-OH is 1. The zero-order valence-electron chi connectivity index (χ0n) is 11.8. The predicted octanol–water partition coefficient (Wildman–Crippen LogP) is 1.67. The lowest BCUT2D eigenvalue weighted by Crippen LogP contribution is -2.41. The molecule has 0 radical (unpaired) electrons. The summed E-state index contributed by atoms with van der Waals surface area (Å²) in [6, 6.07) is 9.64. The maximum Gasteiger partial charge on any atom is 0.222 e. The number of hydrogen-bond donors (Lipinski definition) is 2. The highest BCUT2D eigenvalue weighted by Gasteiger charge is 2.19. The summed E-state index contributed by atoms with van der Waals surface area (Å²) in [4.78, 5) is 12.0. The molecule has 2 N–H and O–H groups in total. The molecule has 0 aromatic heterocycles. The van der Waals surface area contributed by atoms with Crippen LogP contribution in [0.1, 0.15) is 31.2 Å². The number of nitrogens with one attached hydrogen (secondary N) is 1. The van der Waals surface area contributed by atoms with Crippen LogP contribution >= 0.6 is 0 Å². The molecule has 1 heterocycles. The Hall–Kier alpha value is -1.39. The first-order chi connectivity index (χ1) is 9.78. The van der Waals surface area contributed by atoms with Crippen molar-refractivity contribution >= 4 is 5.91 Å². The molecule has 0 spiro atoms. The highest BCUT2D eigenvalue weighted by molar-refractivity contribution is 5.76. The van der Waals surface area contributed by atoms with Crippen LogP contribution in [0, 0.1) is 0 Å². The van der Waals surface area contributed by atoms with Crippen molar-refractivity contribution in [2.75, 3.05) is 13.2 Å². The molecule has 4 nitrogen and oxygen atoms in total. The summed E-state index contributed by atoms with van der Waals surface area (Å²) in [7, 11) is 0. The molecule has 0 aliphatic carbocycles. The van der Waals surface area contributed by atoms with Gasteiger partial charge in [0.05, 0.1) is 25.2 Å². The number of rotatable bonds is 6. The van der Waals surface area contributed by atoms with Gasteiger partial charge in [0.2, 0.25) is 5.91 Å². The Morgan fingerprint density at radius 2 is 2.15 bits per heavy atom. The minimum absolute atomic E-state index is 0.0353. The third-order valence-corrected chi connectivity index (χ3v) is 3.60. The van der Waals surface area contributed by atoms with Crippen molar-refractivity contribution in [1.29, 1.82) is 0 Å². The van der Waals surface area contributed by atoms with Gasteiger partial charge in [-0.05, 0) is 31.2 Å². The van der Waals surface area contributed by atoms with E-state index in [4.69, 9.17) is 4.74 Å². The van der Waals surface area contributed by atoms with E-state index in [1.54, 1.807) is 0 Å². The SMILES string of the molecule is O=C(CC1CCCCO1)N[C@@H](CO)Cc1ccccc1. The van der Waals surface area contributed by atoms with Crippen LogP contribution < -0.4 is 5.32 Å². The molecule has 4 heteroatoms. The van der Waals surface area contributed by atoms with Crippen LogP contribution in [-0.4, -0.2) is 36.4 Å². The fourth-order valence-corrected chi connectivity index (χ4v) is 2.52. The average molecular weight is 277 g/mol. The van der Waals surface area contributed by atoms with E-state index in [1.165, 1.54) is 0 Å². The minimum Gasteiger partial charge on any atom is -0.394 e. The summed E-state index contributed by atoms with van der Waals surface area (Å²) in [6.07, 6.45) is 4.26. The van der Waals surface area contributed by atoms with Crippen molar-refractivity contribution in [3.63, 3.8) is 0 Å². The molecule has 0 saturated carbocycles. The molecule has 0 bridgehead atoms. The van der Waals surface area contributed by atoms with Crippen LogP contribution in [0.25, 0.3) is 0 Å². The molecule has 20 heavy (non-hydrogen) atoms. The lowest BCUT2D eigenvalue weighted by molar-refractivity contribution is -0.125. The van der Waals surface area contributed by atoms with Gasteiger partial charge in [-0.2, -0.15) is 0 Å². The fraction of sp³-hybridized carbons (Fsp3) is 0.562. The maximum absolute atomic E-state index is 12.0. The lowest BCUT2D eigenvalue weighted by atomic mass is 10.0. The largest absolute Gasteiger partial charge is 0.394 e. The van der Waals surface area contributed by atoms with Crippen LogP contribution in [0.15, 0.2) is 30.3 Å². The van der Waals surface area contributed by atoms with Gasteiger partial charge < -0.3 is 15.2 Å². The van der Waals surface area contributed by atoms with Gasteiger partial charge in [-0.15, -0.1) is 0 Å². The van der Waals surface area contributed by atoms with Crippen molar-refractivity contribution in [2.45, 2.75) is 44.2 Å². The van der Waals surface area contributed by atoms with Gasteiger partial charge in [0.15, 0.2) is 0 Å². The van der Waals surface area contributed by atoms with E-state index in [2.05, 4.69) is 5.32 Å². The molecule has 1 aliphatic rings. The van der Waals surface area contributed by atoms with Gasteiger partial charge in [0, 0.05) is 6.61 Å². The fourth-order valence-electron chi connectivity index (χ4n) is 2.52. The molecule has 1 aliphatic heterocycles. The van der Waals surface area contributed by atoms with Gasteiger partial charge in [-0.1, -0.05) is 30.3 Å². The quantitative estimate of drug-likeness (QED) is 0.831. The number of carbonyl (C=O) groups excluding carboxylic acids is 1. The first kappa shape index (κ1) is 15.0. The molecule has 1 aromatic carbocycles.